The Hall–Kier alpha value is -2.73. The molecule has 0 saturated carbocycles. The molecule has 1 N–H and O–H groups in total. The van der Waals surface area contributed by atoms with Gasteiger partial charge in [-0.2, -0.15) is 0 Å². The average Bonchev–Trinajstić information content (AvgIpc) is 2.89. The number of benzene rings is 2. The van der Waals surface area contributed by atoms with Crippen LogP contribution >= 0.6 is 0 Å². The first kappa shape index (κ1) is 22.0. The highest BCUT2D eigenvalue weighted by Crippen LogP contribution is 2.24. The highest BCUT2D eigenvalue weighted by molar-refractivity contribution is 5.80. The molecule has 2 amide bonds. The van der Waals surface area contributed by atoms with E-state index in [9.17, 15) is 14.0 Å². The molecule has 0 aromatic heterocycles. The van der Waals surface area contributed by atoms with Crippen molar-refractivity contribution >= 4 is 11.8 Å². The summed E-state index contributed by atoms with van der Waals surface area (Å²) in [6.07, 6.45) is 1.51. The second-order valence-electron chi connectivity index (χ2n) is 7.81. The van der Waals surface area contributed by atoms with Crippen LogP contribution in [0.3, 0.4) is 0 Å². The second-order valence-corrected chi connectivity index (χ2v) is 7.81. The number of likely N-dealkylation sites (N-methyl/N-ethyl adjacent to an activating group) is 1. The number of hydrogen-bond acceptors (Lipinski definition) is 3. The van der Waals surface area contributed by atoms with Gasteiger partial charge >= 0.3 is 0 Å². The largest absolute Gasteiger partial charge is 0.358 e. The summed E-state index contributed by atoms with van der Waals surface area (Å²) in [6.45, 7) is 4.99. The Kier molecular flexibility index (Phi) is 7.57. The van der Waals surface area contributed by atoms with Crippen molar-refractivity contribution in [3.8, 4) is 11.1 Å². The lowest BCUT2D eigenvalue weighted by atomic mass is 9.95. The van der Waals surface area contributed by atoms with Crippen LogP contribution in [0.4, 0.5) is 4.39 Å². The van der Waals surface area contributed by atoms with Crippen molar-refractivity contribution < 1.29 is 14.0 Å². The Balaban J connectivity index is 1.76. The van der Waals surface area contributed by atoms with Crippen molar-refractivity contribution in [3.63, 3.8) is 0 Å². The van der Waals surface area contributed by atoms with Gasteiger partial charge in [-0.05, 0) is 30.0 Å². The molecule has 1 aliphatic heterocycles. The van der Waals surface area contributed by atoms with E-state index in [0.29, 0.717) is 38.2 Å². The third-order valence-electron chi connectivity index (χ3n) is 5.59. The predicted octanol–water partition coefficient (Wildman–Crippen LogP) is 2.95. The summed E-state index contributed by atoms with van der Waals surface area (Å²) in [6, 6.07) is 14.5. The fourth-order valence-corrected chi connectivity index (χ4v) is 3.98. The van der Waals surface area contributed by atoms with Crippen molar-refractivity contribution in [2.75, 3.05) is 39.8 Å². The maximum absolute atomic E-state index is 14.0. The summed E-state index contributed by atoms with van der Waals surface area (Å²) in [5.74, 6) is -0.346. The minimum absolute atomic E-state index is 0.0422. The third kappa shape index (κ3) is 5.45. The average molecular weight is 412 g/mol. The van der Waals surface area contributed by atoms with Crippen molar-refractivity contribution in [2.45, 2.75) is 19.8 Å². The maximum Gasteiger partial charge on any atom is 0.233 e. The van der Waals surface area contributed by atoms with E-state index in [2.05, 4.69) is 17.1 Å². The van der Waals surface area contributed by atoms with Crippen LogP contribution < -0.4 is 5.32 Å². The van der Waals surface area contributed by atoms with E-state index in [0.717, 1.165) is 24.1 Å². The molecule has 1 fully saturated rings. The Bertz CT molecular complexity index is 869. The van der Waals surface area contributed by atoms with E-state index in [1.807, 2.05) is 35.2 Å². The molecule has 3 rings (SSSR count). The Morgan fingerprint density at radius 2 is 1.87 bits per heavy atom. The van der Waals surface area contributed by atoms with Crippen LogP contribution in [0.1, 0.15) is 18.9 Å². The van der Waals surface area contributed by atoms with Gasteiger partial charge in [0.1, 0.15) is 5.82 Å². The van der Waals surface area contributed by atoms with Crippen LogP contribution in [-0.2, 0) is 16.0 Å². The van der Waals surface area contributed by atoms with Gasteiger partial charge in [0, 0.05) is 38.8 Å². The standard InChI is InChI=1S/C24H30FN3O2/c1-3-12-28-14-13-27(17-23(29)26-2)16-20(24(28)30)15-18-8-10-19(11-9-18)21-6-4-5-7-22(21)25/h4-11,20H,3,12-17H2,1-2H3,(H,26,29)/t20-/m1/s1. The molecule has 0 unspecified atom stereocenters. The zero-order chi connectivity index (χ0) is 21.5. The molecule has 0 bridgehead atoms. The van der Waals surface area contributed by atoms with E-state index in [4.69, 9.17) is 0 Å². The van der Waals surface area contributed by atoms with E-state index in [1.54, 1.807) is 19.2 Å². The van der Waals surface area contributed by atoms with Crippen LogP contribution in [0.2, 0.25) is 0 Å². The van der Waals surface area contributed by atoms with Gasteiger partial charge in [-0.15, -0.1) is 0 Å². The number of nitrogens with one attached hydrogen (secondary N) is 1. The molecule has 0 aliphatic carbocycles. The fourth-order valence-electron chi connectivity index (χ4n) is 3.98. The fraction of sp³-hybridized carbons (Fsp3) is 0.417. The number of nitrogens with zero attached hydrogens (tertiary/aromatic N) is 2. The van der Waals surface area contributed by atoms with Crippen LogP contribution in [0.15, 0.2) is 48.5 Å². The molecule has 160 valence electrons. The number of amides is 2. The molecule has 0 radical (unpaired) electrons. The van der Waals surface area contributed by atoms with Gasteiger partial charge in [0.05, 0.1) is 12.5 Å². The van der Waals surface area contributed by atoms with E-state index in [-0.39, 0.29) is 23.5 Å². The Morgan fingerprint density at radius 1 is 1.13 bits per heavy atom. The van der Waals surface area contributed by atoms with Crippen molar-refractivity contribution in [1.29, 1.82) is 0 Å². The predicted molar refractivity (Wildman–Crippen MR) is 116 cm³/mol. The first-order chi connectivity index (χ1) is 14.5. The first-order valence-corrected chi connectivity index (χ1v) is 10.6. The summed E-state index contributed by atoms with van der Waals surface area (Å²) in [5, 5.41) is 2.66. The SMILES string of the molecule is CCCN1CCN(CC(=O)NC)C[C@@H](Cc2ccc(-c3ccccc3F)cc2)C1=O. The van der Waals surface area contributed by atoms with E-state index < -0.39 is 0 Å². The number of halogens is 1. The highest BCUT2D eigenvalue weighted by atomic mass is 19.1. The Morgan fingerprint density at radius 3 is 2.53 bits per heavy atom. The van der Waals surface area contributed by atoms with E-state index >= 15 is 0 Å². The van der Waals surface area contributed by atoms with Gasteiger partial charge in [-0.25, -0.2) is 4.39 Å². The smallest absolute Gasteiger partial charge is 0.233 e. The highest BCUT2D eigenvalue weighted by Gasteiger charge is 2.30. The van der Waals surface area contributed by atoms with Crippen LogP contribution in [0.5, 0.6) is 0 Å². The first-order valence-electron chi connectivity index (χ1n) is 10.6. The molecule has 2 aromatic rings. The van der Waals surface area contributed by atoms with Crippen molar-refractivity contribution in [1.82, 2.24) is 15.1 Å². The molecule has 30 heavy (non-hydrogen) atoms. The minimum atomic E-state index is -0.246. The summed E-state index contributed by atoms with van der Waals surface area (Å²) in [4.78, 5) is 29.0. The summed E-state index contributed by atoms with van der Waals surface area (Å²) in [5.41, 5.74) is 2.42. The zero-order valence-electron chi connectivity index (χ0n) is 17.7. The number of carbonyl (C=O) groups is 2. The van der Waals surface area contributed by atoms with Gasteiger partial charge in [0.15, 0.2) is 0 Å². The van der Waals surface area contributed by atoms with Gasteiger partial charge in [0.2, 0.25) is 11.8 Å². The quantitative estimate of drug-likeness (QED) is 0.762. The van der Waals surface area contributed by atoms with Gasteiger partial charge in [-0.1, -0.05) is 49.4 Å². The monoisotopic (exact) mass is 411 g/mol. The molecular formula is C24H30FN3O2. The number of carbonyl (C=O) groups excluding carboxylic acids is 2. The van der Waals surface area contributed by atoms with Crippen LogP contribution in [0, 0.1) is 11.7 Å². The summed E-state index contributed by atoms with van der Waals surface area (Å²) >= 11 is 0. The Labute approximate surface area is 177 Å². The zero-order valence-corrected chi connectivity index (χ0v) is 17.7. The third-order valence-corrected chi connectivity index (χ3v) is 5.59. The summed E-state index contributed by atoms with van der Waals surface area (Å²) < 4.78 is 14.0. The van der Waals surface area contributed by atoms with Crippen molar-refractivity contribution in [3.05, 3.63) is 59.9 Å². The second kappa shape index (κ2) is 10.3. The van der Waals surface area contributed by atoms with Crippen LogP contribution in [-0.4, -0.2) is 61.4 Å². The maximum atomic E-state index is 14.0. The molecule has 6 heteroatoms. The lowest BCUT2D eigenvalue weighted by Crippen LogP contribution is -2.39. The lowest BCUT2D eigenvalue weighted by molar-refractivity contribution is -0.134. The van der Waals surface area contributed by atoms with Gasteiger partial charge < -0.3 is 10.2 Å². The minimum Gasteiger partial charge on any atom is -0.358 e. The topological polar surface area (TPSA) is 52.6 Å². The van der Waals surface area contributed by atoms with Crippen LogP contribution in [0.25, 0.3) is 11.1 Å². The summed E-state index contributed by atoms with van der Waals surface area (Å²) in [7, 11) is 1.63. The van der Waals surface area contributed by atoms with E-state index in [1.165, 1.54) is 6.07 Å². The molecule has 0 spiro atoms. The molecule has 1 atom stereocenters. The molecule has 1 aliphatic rings. The molecule has 1 heterocycles. The molecule has 5 nitrogen and oxygen atoms in total. The number of hydrogen-bond donors (Lipinski definition) is 1. The van der Waals surface area contributed by atoms with Gasteiger partial charge in [0.25, 0.3) is 0 Å². The molecule has 1 saturated heterocycles. The lowest BCUT2D eigenvalue weighted by Gasteiger charge is -2.23. The van der Waals surface area contributed by atoms with Crippen molar-refractivity contribution in [2.24, 2.45) is 5.92 Å². The van der Waals surface area contributed by atoms with Gasteiger partial charge in [-0.3, -0.25) is 14.5 Å². The molecular weight excluding hydrogens is 381 g/mol. The number of rotatable bonds is 7. The molecule has 2 aromatic carbocycles. The normalized spacial score (nSPS) is 17.6.